The van der Waals surface area contributed by atoms with Crippen LogP contribution in [0.15, 0.2) is 6.20 Å². The molecule has 2 heterocycles. The first-order valence-corrected chi connectivity index (χ1v) is 6.55. The van der Waals surface area contributed by atoms with E-state index in [0.717, 1.165) is 25.3 Å². The third-order valence-corrected chi connectivity index (χ3v) is 3.72. The monoisotopic (exact) mass is 257 g/mol. The Morgan fingerprint density at radius 3 is 2.94 bits per heavy atom. The summed E-state index contributed by atoms with van der Waals surface area (Å²) in [4.78, 5) is 0. The number of aromatic nitrogens is 2. The van der Waals surface area contributed by atoms with Gasteiger partial charge in [0.05, 0.1) is 29.1 Å². The van der Waals surface area contributed by atoms with E-state index in [-0.39, 0.29) is 12.1 Å². The largest absolute Gasteiger partial charge is 0.376 e. The quantitative estimate of drug-likeness (QED) is 0.898. The van der Waals surface area contributed by atoms with Crippen molar-refractivity contribution in [3.63, 3.8) is 0 Å². The topological polar surface area (TPSA) is 39.1 Å². The van der Waals surface area contributed by atoms with Crippen LogP contribution in [0.5, 0.6) is 0 Å². The molecule has 5 heteroatoms. The van der Waals surface area contributed by atoms with E-state index in [1.165, 1.54) is 0 Å². The van der Waals surface area contributed by atoms with Crippen molar-refractivity contribution in [2.75, 3.05) is 13.2 Å². The first-order chi connectivity index (χ1) is 8.15. The predicted molar refractivity (Wildman–Crippen MR) is 68.2 cm³/mol. The summed E-state index contributed by atoms with van der Waals surface area (Å²) in [5.41, 5.74) is 1.02. The summed E-state index contributed by atoms with van der Waals surface area (Å²) in [7, 11) is 1.92. The number of nitrogens with one attached hydrogen (secondary N) is 1. The molecule has 1 saturated heterocycles. The fourth-order valence-corrected chi connectivity index (χ4v) is 2.79. The minimum atomic E-state index is 0.123. The zero-order valence-corrected chi connectivity index (χ0v) is 11.4. The molecule has 0 amide bonds. The molecule has 4 nitrogen and oxygen atoms in total. The van der Waals surface area contributed by atoms with Gasteiger partial charge in [0.25, 0.3) is 0 Å². The molecule has 1 aromatic rings. The van der Waals surface area contributed by atoms with Gasteiger partial charge in [-0.1, -0.05) is 25.4 Å². The van der Waals surface area contributed by atoms with Crippen LogP contribution in [-0.2, 0) is 11.8 Å². The first kappa shape index (κ1) is 12.9. The zero-order valence-electron chi connectivity index (χ0n) is 10.6. The Kier molecular flexibility index (Phi) is 4.07. The van der Waals surface area contributed by atoms with Crippen molar-refractivity contribution < 1.29 is 4.74 Å². The van der Waals surface area contributed by atoms with Gasteiger partial charge in [-0.3, -0.25) is 4.68 Å². The van der Waals surface area contributed by atoms with Crippen LogP contribution in [0.3, 0.4) is 0 Å². The van der Waals surface area contributed by atoms with Crippen LogP contribution in [0.1, 0.15) is 32.0 Å². The Balaban J connectivity index is 2.28. The van der Waals surface area contributed by atoms with Gasteiger partial charge in [-0.05, 0) is 18.9 Å². The summed E-state index contributed by atoms with van der Waals surface area (Å²) in [6.07, 6.45) is 2.99. The highest BCUT2D eigenvalue weighted by molar-refractivity contribution is 6.31. The van der Waals surface area contributed by atoms with E-state index in [1.54, 1.807) is 6.20 Å². The summed E-state index contributed by atoms with van der Waals surface area (Å²) in [6, 6.07) is 0.123. The Bertz CT molecular complexity index is 360. The van der Waals surface area contributed by atoms with Crippen molar-refractivity contribution in [1.29, 1.82) is 0 Å². The average molecular weight is 258 g/mol. The number of aryl methyl sites for hydroxylation is 1. The number of ether oxygens (including phenoxy) is 1. The van der Waals surface area contributed by atoms with Gasteiger partial charge in [-0.15, -0.1) is 0 Å². The lowest BCUT2D eigenvalue weighted by Gasteiger charge is -2.27. The second-order valence-corrected chi connectivity index (χ2v) is 5.05. The summed E-state index contributed by atoms with van der Waals surface area (Å²) in [5, 5.41) is 8.38. The summed E-state index contributed by atoms with van der Waals surface area (Å²) in [5.74, 6) is 0.546. The zero-order chi connectivity index (χ0) is 12.4. The van der Waals surface area contributed by atoms with Crippen molar-refractivity contribution in [2.45, 2.75) is 32.4 Å². The van der Waals surface area contributed by atoms with Crippen molar-refractivity contribution in [3.8, 4) is 0 Å². The minimum absolute atomic E-state index is 0.123. The molecule has 0 saturated carbocycles. The van der Waals surface area contributed by atoms with Crippen LogP contribution in [0, 0.1) is 5.92 Å². The molecule has 1 fully saturated rings. The highest BCUT2D eigenvalue weighted by Gasteiger charge is 2.35. The second-order valence-electron chi connectivity index (χ2n) is 4.64. The molecule has 0 spiro atoms. The van der Waals surface area contributed by atoms with Crippen LogP contribution in [0.4, 0.5) is 0 Å². The predicted octanol–water partition coefficient (Wildman–Crippen LogP) is 2.15. The van der Waals surface area contributed by atoms with Crippen LogP contribution in [0.2, 0.25) is 5.02 Å². The highest BCUT2D eigenvalue weighted by Crippen LogP contribution is 2.33. The summed E-state index contributed by atoms with van der Waals surface area (Å²) >= 11 is 6.22. The van der Waals surface area contributed by atoms with E-state index in [9.17, 15) is 0 Å². The average Bonchev–Trinajstić information content (AvgIpc) is 2.84. The van der Waals surface area contributed by atoms with E-state index in [1.807, 2.05) is 11.7 Å². The minimum Gasteiger partial charge on any atom is -0.376 e. The van der Waals surface area contributed by atoms with Gasteiger partial charge in [0.1, 0.15) is 0 Å². The SMILES string of the molecule is CCNC(c1c(Cl)cnn1C)C1OCCC1C. The number of hydrogen-bond donors (Lipinski definition) is 1. The van der Waals surface area contributed by atoms with E-state index in [2.05, 4.69) is 24.3 Å². The highest BCUT2D eigenvalue weighted by atomic mass is 35.5. The molecule has 0 radical (unpaired) electrons. The molecule has 17 heavy (non-hydrogen) atoms. The van der Waals surface area contributed by atoms with Crippen molar-refractivity contribution in [3.05, 3.63) is 16.9 Å². The lowest BCUT2D eigenvalue weighted by Crippen LogP contribution is -2.36. The van der Waals surface area contributed by atoms with Crippen molar-refractivity contribution in [2.24, 2.45) is 13.0 Å². The van der Waals surface area contributed by atoms with E-state index < -0.39 is 0 Å². The van der Waals surface area contributed by atoms with Gasteiger partial charge in [0.2, 0.25) is 0 Å². The fraction of sp³-hybridized carbons (Fsp3) is 0.750. The smallest absolute Gasteiger partial charge is 0.0835 e. The number of nitrogens with zero attached hydrogens (tertiary/aromatic N) is 2. The molecule has 96 valence electrons. The second kappa shape index (κ2) is 5.38. The first-order valence-electron chi connectivity index (χ1n) is 6.17. The van der Waals surface area contributed by atoms with Gasteiger partial charge in [0, 0.05) is 13.7 Å². The van der Waals surface area contributed by atoms with Gasteiger partial charge in [-0.25, -0.2) is 0 Å². The van der Waals surface area contributed by atoms with E-state index >= 15 is 0 Å². The van der Waals surface area contributed by atoms with Crippen LogP contribution in [-0.4, -0.2) is 29.0 Å². The summed E-state index contributed by atoms with van der Waals surface area (Å²) in [6.45, 7) is 6.05. The number of likely N-dealkylation sites (N-methyl/N-ethyl adjacent to an activating group) is 1. The summed E-state index contributed by atoms with van der Waals surface area (Å²) < 4.78 is 7.69. The maximum atomic E-state index is 6.22. The molecule has 2 rings (SSSR count). The Labute approximate surface area is 107 Å². The van der Waals surface area contributed by atoms with Gasteiger partial charge in [-0.2, -0.15) is 5.10 Å². The lowest BCUT2D eigenvalue weighted by atomic mass is 9.95. The molecule has 1 N–H and O–H groups in total. The molecule has 0 aliphatic carbocycles. The Morgan fingerprint density at radius 1 is 1.71 bits per heavy atom. The molecule has 0 bridgehead atoms. The van der Waals surface area contributed by atoms with Gasteiger partial charge >= 0.3 is 0 Å². The van der Waals surface area contributed by atoms with Crippen LogP contribution < -0.4 is 5.32 Å². The maximum absolute atomic E-state index is 6.22. The molecule has 1 aliphatic heterocycles. The van der Waals surface area contributed by atoms with E-state index in [4.69, 9.17) is 16.3 Å². The molecule has 3 unspecified atom stereocenters. The van der Waals surface area contributed by atoms with Crippen molar-refractivity contribution in [1.82, 2.24) is 15.1 Å². The van der Waals surface area contributed by atoms with Gasteiger partial charge < -0.3 is 10.1 Å². The molecular formula is C12H20ClN3O. The van der Waals surface area contributed by atoms with Crippen LogP contribution in [0.25, 0.3) is 0 Å². The lowest BCUT2D eigenvalue weighted by molar-refractivity contribution is 0.0588. The molecule has 1 aliphatic rings. The third-order valence-electron chi connectivity index (χ3n) is 3.43. The molecule has 1 aromatic heterocycles. The fourth-order valence-electron chi connectivity index (χ4n) is 2.50. The number of hydrogen-bond acceptors (Lipinski definition) is 3. The van der Waals surface area contributed by atoms with Crippen LogP contribution >= 0.6 is 11.6 Å². The van der Waals surface area contributed by atoms with Gasteiger partial charge in [0.15, 0.2) is 0 Å². The molecule has 0 aromatic carbocycles. The Hall–Kier alpha value is -0.580. The van der Waals surface area contributed by atoms with Crippen molar-refractivity contribution >= 4 is 11.6 Å². The third kappa shape index (κ3) is 2.49. The number of halogens is 1. The number of rotatable bonds is 4. The maximum Gasteiger partial charge on any atom is 0.0835 e. The Morgan fingerprint density at radius 2 is 2.47 bits per heavy atom. The van der Waals surface area contributed by atoms with E-state index in [0.29, 0.717) is 10.9 Å². The standard InChI is InChI=1S/C12H20ClN3O/c1-4-14-10(12-8(2)5-6-17-12)11-9(13)7-15-16(11)3/h7-8,10,12,14H,4-6H2,1-3H3. The molecule has 3 atom stereocenters. The normalized spacial score (nSPS) is 26.4. The molecular weight excluding hydrogens is 238 g/mol.